The standard InChI is InChI=1S/C21H35N5O2S/c1-15-23-12-18(29-15)13-24-19(22-5)25-10-8-17(9-11-25)26(14-16-6-7-16)20(27)28-21(2,3)4/h12,16-17H,6-11,13-14H2,1-5H3,(H,22,24). The zero-order chi connectivity index (χ0) is 21.0. The number of guanidine groups is 1. The number of aliphatic imine (C=N–C) groups is 1. The number of hydrogen-bond donors (Lipinski definition) is 1. The number of rotatable bonds is 5. The molecule has 0 radical (unpaired) electrons. The van der Waals surface area contributed by atoms with Gasteiger partial charge < -0.3 is 19.9 Å². The second-order valence-electron chi connectivity index (χ2n) is 9.04. The molecule has 1 saturated carbocycles. The van der Waals surface area contributed by atoms with Crippen LogP contribution in [0.4, 0.5) is 4.79 Å². The van der Waals surface area contributed by atoms with Gasteiger partial charge in [0.1, 0.15) is 5.60 Å². The number of ether oxygens (including phenoxy) is 1. The average molecular weight is 422 g/mol. The Balaban J connectivity index is 1.54. The third-order valence-electron chi connectivity index (χ3n) is 5.29. The van der Waals surface area contributed by atoms with E-state index >= 15 is 0 Å². The second kappa shape index (κ2) is 9.32. The first-order valence-electron chi connectivity index (χ1n) is 10.6. The van der Waals surface area contributed by atoms with Crippen LogP contribution in [0.15, 0.2) is 11.2 Å². The van der Waals surface area contributed by atoms with Gasteiger partial charge in [-0.1, -0.05) is 0 Å². The van der Waals surface area contributed by atoms with Crippen LogP contribution in [-0.4, -0.2) is 65.2 Å². The molecule has 1 aliphatic heterocycles. The number of piperidine rings is 1. The molecule has 1 aromatic rings. The quantitative estimate of drug-likeness (QED) is 0.581. The third kappa shape index (κ3) is 6.59. The maximum absolute atomic E-state index is 12.8. The number of aryl methyl sites for hydroxylation is 1. The van der Waals surface area contributed by atoms with E-state index in [0.717, 1.165) is 50.0 Å². The fourth-order valence-corrected chi connectivity index (χ4v) is 4.38. The zero-order valence-electron chi connectivity index (χ0n) is 18.4. The van der Waals surface area contributed by atoms with E-state index in [1.807, 2.05) is 45.8 Å². The van der Waals surface area contributed by atoms with Crippen LogP contribution in [-0.2, 0) is 11.3 Å². The van der Waals surface area contributed by atoms with Gasteiger partial charge in [-0.05, 0) is 59.3 Å². The van der Waals surface area contributed by atoms with Crippen LogP contribution < -0.4 is 5.32 Å². The van der Waals surface area contributed by atoms with Gasteiger partial charge in [-0.15, -0.1) is 11.3 Å². The largest absolute Gasteiger partial charge is 0.444 e. The number of hydrogen-bond acceptors (Lipinski definition) is 5. The van der Waals surface area contributed by atoms with Crippen LogP contribution in [0.1, 0.15) is 56.3 Å². The predicted octanol–water partition coefficient (Wildman–Crippen LogP) is 3.64. The monoisotopic (exact) mass is 421 g/mol. The summed E-state index contributed by atoms with van der Waals surface area (Å²) in [7, 11) is 1.83. The topological polar surface area (TPSA) is 70.1 Å². The first-order chi connectivity index (χ1) is 13.7. The number of aromatic nitrogens is 1. The van der Waals surface area contributed by atoms with Gasteiger partial charge in [-0.25, -0.2) is 9.78 Å². The lowest BCUT2D eigenvalue weighted by Gasteiger charge is -2.40. The molecule has 1 amide bonds. The molecule has 2 aliphatic rings. The van der Waals surface area contributed by atoms with E-state index in [-0.39, 0.29) is 12.1 Å². The van der Waals surface area contributed by atoms with Crippen LogP contribution in [0.5, 0.6) is 0 Å². The van der Waals surface area contributed by atoms with Gasteiger partial charge in [-0.3, -0.25) is 4.99 Å². The molecule has 1 N–H and O–H groups in total. The molecule has 29 heavy (non-hydrogen) atoms. The molecule has 162 valence electrons. The Hall–Kier alpha value is -1.83. The summed E-state index contributed by atoms with van der Waals surface area (Å²) in [6.45, 7) is 11.2. The summed E-state index contributed by atoms with van der Waals surface area (Å²) in [6, 6.07) is 0.240. The predicted molar refractivity (Wildman–Crippen MR) is 117 cm³/mol. The third-order valence-corrected chi connectivity index (χ3v) is 6.20. The van der Waals surface area contributed by atoms with Crippen molar-refractivity contribution in [1.82, 2.24) is 20.1 Å². The number of thiazole rings is 1. The summed E-state index contributed by atoms with van der Waals surface area (Å²) >= 11 is 1.71. The summed E-state index contributed by atoms with van der Waals surface area (Å²) in [5.74, 6) is 1.57. The maximum Gasteiger partial charge on any atom is 0.410 e. The summed E-state index contributed by atoms with van der Waals surface area (Å²) in [6.07, 6.45) is 6.09. The molecule has 2 heterocycles. The molecular weight excluding hydrogens is 386 g/mol. The summed E-state index contributed by atoms with van der Waals surface area (Å²) in [5, 5.41) is 4.53. The van der Waals surface area contributed by atoms with E-state index in [0.29, 0.717) is 5.92 Å². The highest BCUT2D eigenvalue weighted by molar-refractivity contribution is 7.11. The van der Waals surface area contributed by atoms with Crippen LogP contribution in [0.3, 0.4) is 0 Å². The normalized spacial score (nSPS) is 18.7. The van der Waals surface area contributed by atoms with Crippen molar-refractivity contribution in [2.24, 2.45) is 10.9 Å². The highest BCUT2D eigenvalue weighted by Gasteiger charge is 2.35. The Morgan fingerprint density at radius 1 is 1.34 bits per heavy atom. The smallest absolute Gasteiger partial charge is 0.410 e. The fraction of sp³-hybridized carbons (Fsp3) is 0.762. The van der Waals surface area contributed by atoms with Crippen LogP contribution >= 0.6 is 11.3 Å². The van der Waals surface area contributed by atoms with Crippen molar-refractivity contribution >= 4 is 23.4 Å². The van der Waals surface area contributed by atoms with Gasteiger partial charge in [0, 0.05) is 43.8 Å². The SMILES string of the molecule is CN=C(NCc1cnc(C)s1)N1CCC(N(CC2CC2)C(=O)OC(C)(C)C)CC1. The minimum atomic E-state index is -0.458. The van der Waals surface area contributed by atoms with E-state index < -0.39 is 5.60 Å². The van der Waals surface area contributed by atoms with E-state index in [4.69, 9.17) is 4.74 Å². The van der Waals surface area contributed by atoms with Gasteiger partial charge in [0.2, 0.25) is 0 Å². The summed E-state index contributed by atoms with van der Waals surface area (Å²) in [5.41, 5.74) is -0.458. The highest BCUT2D eigenvalue weighted by atomic mass is 32.1. The van der Waals surface area contributed by atoms with Gasteiger partial charge in [0.15, 0.2) is 5.96 Å². The number of likely N-dealkylation sites (tertiary alicyclic amines) is 1. The van der Waals surface area contributed by atoms with Crippen LogP contribution in [0, 0.1) is 12.8 Å². The van der Waals surface area contributed by atoms with Crippen molar-refractivity contribution in [3.05, 3.63) is 16.1 Å². The first kappa shape index (κ1) is 21.9. The number of nitrogens with zero attached hydrogens (tertiary/aromatic N) is 4. The lowest BCUT2D eigenvalue weighted by atomic mass is 10.0. The zero-order valence-corrected chi connectivity index (χ0v) is 19.2. The van der Waals surface area contributed by atoms with Gasteiger partial charge in [-0.2, -0.15) is 0 Å². The van der Waals surface area contributed by atoms with Crippen LogP contribution in [0.25, 0.3) is 0 Å². The Kier molecular flexibility index (Phi) is 7.03. The molecule has 8 heteroatoms. The van der Waals surface area contributed by atoms with Crippen molar-refractivity contribution in [1.29, 1.82) is 0 Å². The summed E-state index contributed by atoms with van der Waals surface area (Å²) < 4.78 is 5.70. The lowest BCUT2D eigenvalue weighted by Crippen LogP contribution is -2.52. The Bertz CT molecular complexity index is 715. The minimum absolute atomic E-state index is 0.161. The number of carbonyl (C=O) groups is 1. The molecule has 1 aliphatic carbocycles. The number of carbonyl (C=O) groups excluding carboxylic acids is 1. The Labute approximate surface area is 178 Å². The van der Waals surface area contributed by atoms with Crippen molar-refractivity contribution in [3.8, 4) is 0 Å². The van der Waals surface area contributed by atoms with E-state index in [1.54, 1.807) is 11.3 Å². The first-order valence-corrected chi connectivity index (χ1v) is 11.4. The van der Waals surface area contributed by atoms with Crippen molar-refractivity contribution in [2.45, 2.75) is 71.6 Å². The van der Waals surface area contributed by atoms with Gasteiger partial charge in [0.05, 0.1) is 11.6 Å². The van der Waals surface area contributed by atoms with Crippen LogP contribution in [0.2, 0.25) is 0 Å². The van der Waals surface area contributed by atoms with E-state index in [2.05, 4.69) is 20.2 Å². The Morgan fingerprint density at radius 3 is 2.55 bits per heavy atom. The average Bonchev–Trinajstić information content (AvgIpc) is 3.39. The molecule has 3 rings (SSSR count). The molecule has 0 bridgehead atoms. The molecular formula is C21H35N5O2S. The fourth-order valence-electron chi connectivity index (χ4n) is 3.65. The minimum Gasteiger partial charge on any atom is -0.444 e. The number of nitrogens with one attached hydrogen (secondary N) is 1. The van der Waals surface area contributed by atoms with Crippen molar-refractivity contribution in [2.75, 3.05) is 26.7 Å². The molecule has 1 saturated heterocycles. The highest BCUT2D eigenvalue weighted by Crippen LogP contribution is 2.32. The molecule has 0 unspecified atom stereocenters. The van der Waals surface area contributed by atoms with Crippen molar-refractivity contribution in [3.63, 3.8) is 0 Å². The number of amides is 1. The van der Waals surface area contributed by atoms with Crippen molar-refractivity contribution < 1.29 is 9.53 Å². The van der Waals surface area contributed by atoms with E-state index in [1.165, 1.54) is 17.7 Å². The van der Waals surface area contributed by atoms with E-state index in [9.17, 15) is 4.79 Å². The van der Waals surface area contributed by atoms with Gasteiger partial charge in [0.25, 0.3) is 0 Å². The second-order valence-corrected chi connectivity index (χ2v) is 10.4. The maximum atomic E-state index is 12.8. The summed E-state index contributed by atoms with van der Waals surface area (Å²) in [4.78, 5) is 27.1. The van der Waals surface area contributed by atoms with Gasteiger partial charge >= 0.3 is 6.09 Å². The molecule has 1 aromatic heterocycles. The molecule has 2 fully saturated rings. The molecule has 0 spiro atoms. The molecule has 7 nitrogen and oxygen atoms in total. The molecule has 0 aromatic carbocycles. The lowest BCUT2D eigenvalue weighted by molar-refractivity contribution is 0.00928. The Morgan fingerprint density at radius 2 is 2.03 bits per heavy atom. The molecule has 0 atom stereocenters.